The van der Waals surface area contributed by atoms with E-state index in [1.54, 1.807) is 79.8 Å². The summed E-state index contributed by atoms with van der Waals surface area (Å²) in [6.45, 7) is 1.26. The average molecular weight is 1090 g/mol. The van der Waals surface area contributed by atoms with Crippen molar-refractivity contribution in [2.45, 2.75) is 127 Å². The van der Waals surface area contributed by atoms with Crippen molar-refractivity contribution < 1.29 is 72.0 Å². The molecule has 0 fully saturated rings. The summed E-state index contributed by atoms with van der Waals surface area (Å²) in [6, 6.07) is 30.7. The Balaban J connectivity index is 1.27. The smallest absolute Gasteiger partial charge is 0.328 e. The molecule has 4 aromatic rings. The topological polar surface area (TPSA) is 288 Å². The molecule has 4 rings (SSSR count). The van der Waals surface area contributed by atoms with Gasteiger partial charge < -0.3 is 55.4 Å². The Morgan fingerprint density at radius 3 is 1.00 bits per heavy atom. The van der Waals surface area contributed by atoms with Gasteiger partial charge in [0.25, 0.3) is 0 Å². The molecule has 0 spiro atoms. The van der Waals surface area contributed by atoms with E-state index in [-0.39, 0.29) is 77.2 Å². The third-order valence-electron chi connectivity index (χ3n) is 12.2. The van der Waals surface area contributed by atoms with Crippen LogP contribution >= 0.6 is 0 Å². The minimum Gasteiger partial charge on any atom is -0.481 e. The van der Waals surface area contributed by atoms with Crippen LogP contribution in [0.3, 0.4) is 0 Å². The highest BCUT2D eigenvalue weighted by atomic mass is 16.5. The number of Topliss-reactive ketones (excluding diaryl/α,β-unsaturated/α-hetero) is 1. The standard InChI is InChI=1S/C59H73N5O15/c1-41(65)27-29-51(66)62-48(38-43-21-9-4-10-22-43)57(73)77-34-17-18-35-78-58(74)49(39-44-23-11-5-12-24-44)63-53(68)31-30-52(67)61-46(28-32-54(69)70)55(71)64-50(40-45-25-13-6-14-26-45)59(75)79-36-16-15-33-76-56(72)47(60-2)37-42-19-7-3-8-20-42/h3-14,19-26,46-50,60H,15-18,27-40H2,1-2H3,(H,61,67)(H,62,66)(H,63,68)(H,64,71)(H,69,70). The fraction of sp³-hybridized carbons (Fsp3) is 0.424. The summed E-state index contributed by atoms with van der Waals surface area (Å²) in [5, 5.41) is 22.8. The number of benzene rings is 4. The van der Waals surface area contributed by atoms with Crippen molar-refractivity contribution in [3.05, 3.63) is 144 Å². The molecule has 424 valence electrons. The van der Waals surface area contributed by atoms with Gasteiger partial charge in [0, 0.05) is 51.4 Å². The number of ether oxygens (including phenoxy) is 4. The summed E-state index contributed by atoms with van der Waals surface area (Å²) in [7, 11) is 1.67. The van der Waals surface area contributed by atoms with Crippen LogP contribution in [0.4, 0.5) is 0 Å². The van der Waals surface area contributed by atoms with Gasteiger partial charge >= 0.3 is 29.8 Å². The third-order valence-corrected chi connectivity index (χ3v) is 12.2. The number of carboxylic acids is 1. The fourth-order valence-corrected chi connectivity index (χ4v) is 7.91. The Hall–Kier alpha value is -8.26. The van der Waals surface area contributed by atoms with Crippen molar-refractivity contribution in [2.75, 3.05) is 33.5 Å². The quantitative estimate of drug-likeness (QED) is 0.0209. The van der Waals surface area contributed by atoms with Gasteiger partial charge in [0.2, 0.25) is 23.6 Å². The van der Waals surface area contributed by atoms with E-state index in [1.165, 1.54) is 6.92 Å². The van der Waals surface area contributed by atoms with Crippen LogP contribution in [0, 0.1) is 0 Å². The molecule has 79 heavy (non-hydrogen) atoms. The van der Waals surface area contributed by atoms with Gasteiger partial charge in [0.1, 0.15) is 36.0 Å². The number of hydrogen-bond acceptors (Lipinski definition) is 15. The predicted molar refractivity (Wildman–Crippen MR) is 289 cm³/mol. The maximum absolute atomic E-state index is 13.8. The minimum absolute atomic E-state index is 0.000999. The summed E-state index contributed by atoms with van der Waals surface area (Å²) in [4.78, 5) is 129. The predicted octanol–water partition coefficient (Wildman–Crippen LogP) is 4.23. The van der Waals surface area contributed by atoms with Gasteiger partial charge in [-0.25, -0.2) is 14.4 Å². The van der Waals surface area contributed by atoms with Crippen LogP contribution in [0.15, 0.2) is 121 Å². The molecule has 5 atom stereocenters. The molecule has 5 unspecified atom stereocenters. The largest absolute Gasteiger partial charge is 0.481 e. The third kappa shape index (κ3) is 26.1. The summed E-state index contributed by atoms with van der Waals surface area (Å²) in [6.07, 6.45) is 0.137. The van der Waals surface area contributed by atoms with E-state index in [9.17, 15) is 53.1 Å². The van der Waals surface area contributed by atoms with Gasteiger partial charge in [-0.3, -0.25) is 28.8 Å². The second-order valence-electron chi connectivity index (χ2n) is 18.7. The zero-order valence-corrected chi connectivity index (χ0v) is 44.8. The number of likely N-dealkylation sites (N-methyl/N-ethyl adjacent to an activating group) is 1. The van der Waals surface area contributed by atoms with E-state index < -0.39 is 103 Å². The van der Waals surface area contributed by atoms with Crippen LogP contribution in [0.2, 0.25) is 0 Å². The summed E-state index contributed by atoms with van der Waals surface area (Å²) >= 11 is 0. The van der Waals surface area contributed by atoms with Crippen molar-refractivity contribution >= 4 is 59.3 Å². The molecule has 4 aromatic carbocycles. The zero-order valence-electron chi connectivity index (χ0n) is 44.8. The molecule has 20 nitrogen and oxygen atoms in total. The summed E-state index contributed by atoms with van der Waals surface area (Å²) in [5.41, 5.74) is 3.13. The number of amides is 4. The lowest BCUT2D eigenvalue weighted by Crippen LogP contribution is -2.52. The van der Waals surface area contributed by atoms with Gasteiger partial charge in [-0.2, -0.15) is 0 Å². The van der Waals surface area contributed by atoms with E-state index >= 15 is 0 Å². The van der Waals surface area contributed by atoms with Crippen molar-refractivity contribution in [3.8, 4) is 0 Å². The van der Waals surface area contributed by atoms with Crippen LogP contribution in [0.1, 0.15) is 93.4 Å². The minimum atomic E-state index is -1.43. The van der Waals surface area contributed by atoms with Crippen molar-refractivity contribution in [1.82, 2.24) is 26.6 Å². The molecule has 0 bridgehead atoms. The van der Waals surface area contributed by atoms with Crippen LogP contribution < -0.4 is 26.6 Å². The van der Waals surface area contributed by atoms with E-state index in [1.807, 2.05) is 48.5 Å². The van der Waals surface area contributed by atoms with Crippen LogP contribution in [0.25, 0.3) is 0 Å². The maximum atomic E-state index is 13.8. The van der Waals surface area contributed by atoms with Crippen molar-refractivity contribution in [1.29, 1.82) is 0 Å². The molecular weight excluding hydrogens is 1020 g/mol. The lowest BCUT2D eigenvalue weighted by molar-refractivity contribution is -0.150. The molecule has 0 heterocycles. The first-order valence-corrected chi connectivity index (χ1v) is 26.5. The number of unbranched alkanes of at least 4 members (excludes halogenated alkanes) is 2. The van der Waals surface area contributed by atoms with Crippen LogP contribution in [-0.2, 0) is 92.6 Å². The van der Waals surface area contributed by atoms with Gasteiger partial charge in [0.05, 0.1) is 26.4 Å². The number of carbonyl (C=O) groups is 10. The molecule has 0 aliphatic heterocycles. The number of carboxylic acid groups (broad SMARTS) is 1. The van der Waals surface area contributed by atoms with Gasteiger partial charge in [0.15, 0.2) is 0 Å². The Morgan fingerprint density at radius 2 is 0.684 bits per heavy atom. The number of aliphatic carboxylic acids is 1. The molecule has 0 saturated heterocycles. The van der Waals surface area contributed by atoms with Crippen LogP contribution in [0.5, 0.6) is 0 Å². The molecule has 4 amide bonds. The van der Waals surface area contributed by atoms with Crippen molar-refractivity contribution in [3.63, 3.8) is 0 Å². The molecule has 0 aliphatic carbocycles. The van der Waals surface area contributed by atoms with Gasteiger partial charge in [-0.15, -0.1) is 0 Å². The van der Waals surface area contributed by atoms with Crippen molar-refractivity contribution in [2.24, 2.45) is 0 Å². The lowest BCUT2D eigenvalue weighted by Gasteiger charge is -2.23. The second kappa shape index (κ2) is 36.0. The number of hydrogen-bond donors (Lipinski definition) is 6. The van der Waals surface area contributed by atoms with Gasteiger partial charge in [-0.05, 0) is 74.8 Å². The Kier molecular flexibility index (Phi) is 28.8. The molecule has 0 aromatic heterocycles. The highest BCUT2D eigenvalue weighted by Crippen LogP contribution is 2.12. The number of ketones is 1. The van der Waals surface area contributed by atoms with E-state index in [2.05, 4.69) is 26.6 Å². The molecule has 0 aliphatic rings. The lowest BCUT2D eigenvalue weighted by atomic mass is 10.0. The summed E-state index contributed by atoms with van der Waals surface area (Å²) < 4.78 is 22.0. The Labute approximate surface area is 460 Å². The molecular formula is C59H73N5O15. The van der Waals surface area contributed by atoms with E-state index in [0.29, 0.717) is 36.8 Å². The average Bonchev–Trinajstić information content (AvgIpc) is 3.44. The SMILES string of the molecule is CNC(Cc1ccccc1)C(=O)OCCCCOC(=O)C(Cc1ccccc1)NC(=O)C(CCC(=O)O)NC(=O)CCC(=O)NC(Cc1ccccc1)C(=O)OCCCCOC(=O)C(Cc1ccccc1)NC(=O)CCC(C)=O. The fourth-order valence-electron chi connectivity index (χ4n) is 7.91. The number of carbonyl (C=O) groups excluding carboxylic acids is 9. The molecule has 6 N–H and O–H groups in total. The second-order valence-corrected chi connectivity index (χ2v) is 18.7. The first-order chi connectivity index (χ1) is 38.1. The number of rotatable bonds is 37. The normalized spacial score (nSPS) is 12.7. The van der Waals surface area contributed by atoms with E-state index in [4.69, 9.17) is 18.9 Å². The molecule has 20 heteroatoms. The van der Waals surface area contributed by atoms with Gasteiger partial charge in [-0.1, -0.05) is 121 Å². The molecule has 0 radical (unpaired) electrons. The van der Waals surface area contributed by atoms with Crippen LogP contribution in [-0.4, -0.2) is 128 Å². The number of nitrogens with one attached hydrogen (secondary N) is 5. The first-order valence-electron chi connectivity index (χ1n) is 26.5. The first kappa shape index (κ1) is 63.3. The Bertz CT molecular complexity index is 2570. The number of esters is 4. The highest BCUT2D eigenvalue weighted by Gasteiger charge is 2.30. The highest BCUT2D eigenvalue weighted by molar-refractivity contribution is 5.93. The van der Waals surface area contributed by atoms with E-state index in [0.717, 1.165) is 11.1 Å². The zero-order chi connectivity index (χ0) is 57.2. The molecule has 0 saturated carbocycles. The monoisotopic (exact) mass is 1090 g/mol. The summed E-state index contributed by atoms with van der Waals surface area (Å²) in [5.74, 6) is -6.84. The maximum Gasteiger partial charge on any atom is 0.328 e. The Morgan fingerprint density at radius 1 is 0.392 bits per heavy atom.